The Morgan fingerprint density at radius 3 is 2.42 bits per heavy atom. The van der Waals surface area contributed by atoms with Gasteiger partial charge in [-0.1, -0.05) is 18.2 Å². The predicted octanol–water partition coefficient (Wildman–Crippen LogP) is 3.26. The van der Waals surface area contributed by atoms with Gasteiger partial charge in [0, 0.05) is 36.0 Å². The zero-order valence-corrected chi connectivity index (χ0v) is 14.5. The number of hydrogen-bond acceptors (Lipinski definition) is 4. The molecule has 2 aromatic rings. The lowest BCUT2D eigenvalue weighted by Crippen LogP contribution is -2.49. The van der Waals surface area contributed by atoms with Crippen LogP contribution < -0.4 is 4.90 Å². The maximum Gasteiger partial charge on any atom is 0.269 e. The van der Waals surface area contributed by atoms with Crippen molar-refractivity contribution in [1.29, 1.82) is 0 Å². The van der Waals surface area contributed by atoms with Gasteiger partial charge in [-0.25, -0.2) is 0 Å². The van der Waals surface area contributed by atoms with Crippen LogP contribution in [0.2, 0.25) is 0 Å². The molecule has 134 valence electrons. The molecule has 0 aliphatic carbocycles. The fourth-order valence-electron chi connectivity index (χ4n) is 4.00. The van der Waals surface area contributed by atoms with Crippen LogP contribution in [-0.2, 0) is 6.42 Å². The average Bonchev–Trinajstić information content (AvgIpc) is 3.21. The van der Waals surface area contributed by atoms with E-state index in [4.69, 9.17) is 0 Å². The summed E-state index contributed by atoms with van der Waals surface area (Å²) < 4.78 is 0. The highest BCUT2D eigenvalue weighted by Crippen LogP contribution is 2.31. The fraction of sp³-hybridized carbons (Fsp3) is 0.350. The first-order valence-corrected chi connectivity index (χ1v) is 9.02. The van der Waals surface area contributed by atoms with Crippen molar-refractivity contribution in [2.45, 2.75) is 25.3 Å². The lowest BCUT2D eigenvalue weighted by Gasteiger charge is -2.38. The van der Waals surface area contributed by atoms with Gasteiger partial charge in [0.15, 0.2) is 0 Å². The number of benzene rings is 2. The highest BCUT2D eigenvalue weighted by Gasteiger charge is 2.33. The predicted molar refractivity (Wildman–Crippen MR) is 99.5 cm³/mol. The van der Waals surface area contributed by atoms with E-state index in [9.17, 15) is 14.9 Å². The molecule has 2 heterocycles. The maximum atomic E-state index is 13.1. The van der Waals surface area contributed by atoms with Gasteiger partial charge in [0.2, 0.25) is 0 Å². The van der Waals surface area contributed by atoms with Crippen molar-refractivity contribution in [2.75, 3.05) is 24.5 Å². The molecule has 1 atom stereocenters. The van der Waals surface area contributed by atoms with Crippen LogP contribution in [0.3, 0.4) is 0 Å². The van der Waals surface area contributed by atoms with Gasteiger partial charge in [-0.3, -0.25) is 19.8 Å². The number of carbonyl (C=O) groups excluding carboxylic acids is 1. The van der Waals surface area contributed by atoms with Crippen molar-refractivity contribution >= 4 is 17.3 Å². The normalized spacial score (nSPS) is 20.0. The molecule has 0 spiro atoms. The van der Waals surface area contributed by atoms with Crippen molar-refractivity contribution in [1.82, 2.24) is 4.90 Å². The van der Waals surface area contributed by atoms with E-state index in [2.05, 4.69) is 11.0 Å². The summed E-state index contributed by atoms with van der Waals surface area (Å²) in [6, 6.07) is 14.2. The quantitative estimate of drug-likeness (QED) is 0.629. The Morgan fingerprint density at radius 1 is 1.04 bits per heavy atom. The standard InChI is InChI=1S/C20H21N3O3/c24-20(15-7-9-17(10-8-15)23(25)26)22-14-18(21-11-3-4-12-21)13-16-5-1-2-6-19(16)22/h1-2,5-10,18H,3-4,11-14H2. The molecular weight excluding hydrogens is 330 g/mol. The van der Waals surface area contributed by atoms with E-state index < -0.39 is 4.92 Å². The van der Waals surface area contributed by atoms with Crippen LogP contribution in [0.15, 0.2) is 48.5 Å². The van der Waals surface area contributed by atoms with Gasteiger partial charge in [0.05, 0.1) is 4.92 Å². The van der Waals surface area contributed by atoms with E-state index in [0.717, 1.165) is 25.2 Å². The summed E-state index contributed by atoms with van der Waals surface area (Å²) in [4.78, 5) is 27.8. The summed E-state index contributed by atoms with van der Waals surface area (Å²) in [7, 11) is 0. The molecule has 1 amide bonds. The Labute approximate surface area is 152 Å². The van der Waals surface area contributed by atoms with Crippen LogP contribution in [0.1, 0.15) is 28.8 Å². The number of fused-ring (bicyclic) bond motifs is 1. The molecule has 0 bridgehead atoms. The summed E-state index contributed by atoms with van der Waals surface area (Å²) in [5, 5.41) is 10.8. The third-order valence-electron chi connectivity index (χ3n) is 5.36. The zero-order valence-electron chi connectivity index (χ0n) is 14.5. The van der Waals surface area contributed by atoms with Crippen LogP contribution in [0.4, 0.5) is 11.4 Å². The number of nitro groups is 1. The average molecular weight is 351 g/mol. The Balaban J connectivity index is 1.64. The van der Waals surface area contributed by atoms with Crippen molar-refractivity contribution < 1.29 is 9.72 Å². The molecule has 0 radical (unpaired) electrons. The van der Waals surface area contributed by atoms with Gasteiger partial charge in [-0.2, -0.15) is 0 Å². The van der Waals surface area contributed by atoms with Crippen molar-refractivity contribution in [2.24, 2.45) is 0 Å². The number of hydrogen-bond donors (Lipinski definition) is 0. The number of anilines is 1. The van der Waals surface area contributed by atoms with E-state index in [1.807, 2.05) is 23.1 Å². The van der Waals surface area contributed by atoms with Crippen molar-refractivity contribution in [3.8, 4) is 0 Å². The zero-order chi connectivity index (χ0) is 18.1. The first-order chi connectivity index (χ1) is 12.6. The van der Waals surface area contributed by atoms with Crippen LogP contribution in [0.25, 0.3) is 0 Å². The third-order valence-corrected chi connectivity index (χ3v) is 5.36. The number of likely N-dealkylation sites (tertiary alicyclic amines) is 1. The number of non-ortho nitro benzene ring substituents is 1. The van der Waals surface area contributed by atoms with E-state index in [0.29, 0.717) is 18.2 Å². The Bertz CT molecular complexity index is 828. The van der Waals surface area contributed by atoms with E-state index in [1.165, 1.54) is 30.5 Å². The molecule has 26 heavy (non-hydrogen) atoms. The lowest BCUT2D eigenvalue weighted by molar-refractivity contribution is -0.384. The van der Waals surface area contributed by atoms with E-state index in [-0.39, 0.29) is 11.6 Å². The molecule has 1 saturated heterocycles. The minimum atomic E-state index is -0.451. The number of carbonyl (C=O) groups is 1. The Morgan fingerprint density at radius 2 is 1.73 bits per heavy atom. The van der Waals surface area contributed by atoms with Crippen LogP contribution in [0, 0.1) is 10.1 Å². The molecule has 2 aliphatic heterocycles. The lowest BCUT2D eigenvalue weighted by atomic mass is 9.96. The van der Waals surface area contributed by atoms with Gasteiger partial charge in [-0.15, -0.1) is 0 Å². The van der Waals surface area contributed by atoms with Gasteiger partial charge in [-0.05, 0) is 56.1 Å². The van der Waals surface area contributed by atoms with Gasteiger partial charge >= 0.3 is 0 Å². The summed E-state index contributed by atoms with van der Waals surface area (Å²) >= 11 is 0. The molecule has 0 N–H and O–H groups in total. The second-order valence-electron chi connectivity index (χ2n) is 6.95. The van der Waals surface area contributed by atoms with Crippen LogP contribution in [0.5, 0.6) is 0 Å². The molecule has 6 nitrogen and oxygen atoms in total. The summed E-state index contributed by atoms with van der Waals surface area (Å²) in [5.41, 5.74) is 2.61. The number of nitrogens with zero attached hydrogens (tertiary/aromatic N) is 3. The topological polar surface area (TPSA) is 66.7 Å². The van der Waals surface area contributed by atoms with Gasteiger partial charge in [0.1, 0.15) is 0 Å². The van der Waals surface area contributed by atoms with E-state index in [1.54, 1.807) is 12.1 Å². The molecule has 2 aromatic carbocycles. The van der Waals surface area contributed by atoms with Crippen molar-refractivity contribution in [3.05, 3.63) is 69.8 Å². The third kappa shape index (κ3) is 3.08. The van der Waals surface area contributed by atoms with Crippen LogP contribution in [-0.4, -0.2) is 41.4 Å². The highest BCUT2D eigenvalue weighted by atomic mass is 16.6. The molecule has 4 rings (SSSR count). The Hall–Kier alpha value is -2.73. The Kier molecular flexibility index (Phi) is 4.42. The minimum Gasteiger partial charge on any atom is -0.307 e. The first-order valence-electron chi connectivity index (χ1n) is 9.02. The first kappa shape index (κ1) is 16.7. The molecule has 0 saturated carbocycles. The second kappa shape index (κ2) is 6.88. The molecule has 1 fully saturated rings. The molecule has 6 heteroatoms. The molecule has 1 unspecified atom stereocenters. The monoisotopic (exact) mass is 351 g/mol. The van der Waals surface area contributed by atoms with Gasteiger partial charge in [0.25, 0.3) is 11.6 Å². The molecular formula is C20H21N3O3. The minimum absolute atomic E-state index is 0.00413. The smallest absolute Gasteiger partial charge is 0.269 e. The SMILES string of the molecule is O=C(c1ccc([N+](=O)[O-])cc1)N1CC(N2CCCC2)Cc2ccccc21. The number of para-hydroxylation sites is 1. The molecule has 0 aromatic heterocycles. The highest BCUT2D eigenvalue weighted by molar-refractivity contribution is 6.07. The summed E-state index contributed by atoms with van der Waals surface area (Å²) in [6.45, 7) is 2.84. The fourth-order valence-corrected chi connectivity index (χ4v) is 4.00. The number of amides is 1. The summed E-state index contributed by atoms with van der Waals surface area (Å²) in [5.74, 6) is -0.101. The van der Waals surface area contributed by atoms with Crippen molar-refractivity contribution in [3.63, 3.8) is 0 Å². The second-order valence-corrected chi connectivity index (χ2v) is 6.95. The van der Waals surface area contributed by atoms with Crippen LogP contribution >= 0.6 is 0 Å². The van der Waals surface area contributed by atoms with E-state index >= 15 is 0 Å². The number of rotatable bonds is 3. The summed E-state index contributed by atoms with van der Waals surface area (Å²) in [6.07, 6.45) is 3.39. The number of nitro benzene ring substituents is 1. The van der Waals surface area contributed by atoms with Gasteiger partial charge < -0.3 is 4.90 Å². The molecule has 2 aliphatic rings. The maximum absolute atomic E-state index is 13.1. The largest absolute Gasteiger partial charge is 0.307 e.